The Hall–Kier alpha value is -6.60. The quantitative estimate of drug-likeness (QED) is 0.193. The van der Waals surface area contributed by atoms with Crippen LogP contribution in [-0.4, -0.2) is 30.1 Å². The Bertz CT molecular complexity index is 2510. The van der Waals surface area contributed by atoms with Gasteiger partial charge in [-0.3, -0.25) is 4.98 Å². The van der Waals surface area contributed by atoms with Crippen molar-refractivity contribution in [2.45, 2.75) is 0 Å². The number of benzene rings is 5. The molecular formula is C40H24N6O. The number of aromatic nitrogens is 6. The Morgan fingerprint density at radius 3 is 1.72 bits per heavy atom. The van der Waals surface area contributed by atoms with Crippen molar-refractivity contribution in [2.75, 3.05) is 0 Å². The molecule has 0 fully saturated rings. The van der Waals surface area contributed by atoms with Crippen LogP contribution in [0.25, 0.3) is 89.5 Å². The maximum absolute atomic E-state index is 5.90. The molecule has 220 valence electrons. The number of para-hydroxylation sites is 1. The fraction of sp³-hybridized carbons (Fsp3) is 0. The summed E-state index contributed by atoms with van der Waals surface area (Å²) in [6.45, 7) is 0. The Balaban J connectivity index is 1.12. The zero-order valence-electron chi connectivity index (χ0n) is 24.9. The standard InChI is InChI=1S/C40H24N6O/c1-3-10-26(11-4-1)37-42-38(27-12-5-2-6-13-27)44-39(43-37)28-20-18-25(19-21-28)29-15-9-16-32-30(29)22-23-41-36(32)34-24-33-31-14-7-8-17-35(31)47-40(33)46-45-34/h1-24H. The molecule has 7 heteroatoms. The first-order valence-corrected chi connectivity index (χ1v) is 15.3. The van der Waals surface area contributed by atoms with E-state index in [1.807, 2.05) is 103 Å². The van der Waals surface area contributed by atoms with Crippen LogP contribution >= 0.6 is 0 Å². The molecule has 0 atom stereocenters. The molecular weight excluding hydrogens is 580 g/mol. The fourth-order valence-electron chi connectivity index (χ4n) is 6.05. The van der Waals surface area contributed by atoms with Gasteiger partial charge in [0.1, 0.15) is 11.3 Å². The predicted molar refractivity (Wildman–Crippen MR) is 185 cm³/mol. The highest BCUT2D eigenvalue weighted by Gasteiger charge is 2.16. The van der Waals surface area contributed by atoms with E-state index in [4.69, 9.17) is 24.4 Å². The van der Waals surface area contributed by atoms with Crippen LogP contribution in [0.1, 0.15) is 0 Å². The molecule has 9 aromatic rings. The van der Waals surface area contributed by atoms with Gasteiger partial charge in [0.2, 0.25) is 5.71 Å². The zero-order valence-corrected chi connectivity index (χ0v) is 24.9. The molecule has 0 saturated heterocycles. The molecule has 0 aliphatic rings. The first-order chi connectivity index (χ1) is 23.3. The molecule has 0 N–H and O–H groups in total. The van der Waals surface area contributed by atoms with Crippen LogP contribution < -0.4 is 0 Å². The summed E-state index contributed by atoms with van der Waals surface area (Å²) in [5.74, 6) is 1.89. The lowest BCUT2D eigenvalue weighted by Gasteiger charge is -2.11. The van der Waals surface area contributed by atoms with E-state index in [1.165, 1.54) is 0 Å². The summed E-state index contributed by atoms with van der Waals surface area (Å²) in [7, 11) is 0. The monoisotopic (exact) mass is 604 g/mol. The average Bonchev–Trinajstić information content (AvgIpc) is 3.53. The highest BCUT2D eigenvalue weighted by Crippen LogP contribution is 2.36. The molecule has 4 heterocycles. The summed E-state index contributed by atoms with van der Waals surface area (Å²) in [6.07, 6.45) is 1.83. The topological polar surface area (TPSA) is 90.5 Å². The van der Waals surface area contributed by atoms with E-state index >= 15 is 0 Å². The minimum absolute atomic E-state index is 0.515. The molecule has 47 heavy (non-hydrogen) atoms. The molecule has 0 aliphatic heterocycles. The summed E-state index contributed by atoms with van der Waals surface area (Å²) in [5, 5.41) is 12.9. The van der Waals surface area contributed by atoms with Crippen molar-refractivity contribution >= 4 is 32.8 Å². The Kier molecular flexibility index (Phi) is 6.31. The first-order valence-electron chi connectivity index (χ1n) is 15.3. The van der Waals surface area contributed by atoms with Crippen LogP contribution in [-0.2, 0) is 0 Å². The molecule has 0 bridgehead atoms. The summed E-state index contributed by atoms with van der Waals surface area (Å²) < 4.78 is 5.90. The smallest absolute Gasteiger partial charge is 0.247 e. The molecule has 5 aromatic carbocycles. The Morgan fingerprint density at radius 2 is 1.02 bits per heavy atom. The average molecular weight is 605 g/mol. The lowest BCUT2D eigenvalue weighted by Crippen LogP contribution is -2.00. The molecule has 0 radical (unpaired) electrons. The maximum atomic E-state index is 5.90. The van der Waals surface area contributed by atoms with Crippen LogP contribution in [0.15, 0.2) is 150 Å². The predicted octanol–water partition coefficient (Wildman–Crippen LogP) is 9.44. The molecule has 7 nitrogen and oxygen atoms in total. The van der Waals surface area contributed by atoms with Gasteiger partial charge in [-0.2, -0.15) is 0 Å². The third-order valence-electron chi connectivity index (χ3n) is 8.35. The fourth-order valence-corrected chi connectivity index (χ4v) is 6.05. The molecule has 9 rings (SSSR count). The van der Waals surface area contributed by atoms with E-state index in [-0.39, 0.29) is 0 Å². The van der Waals surface area contributed by atoms with Crippen molar-refractivity contribution in [3.05, 3.63) is 146 Å². The lowest BCUT2D eigenvalue weighted by molar-refractivity contribution is 0.646. The number of furan rings is 1. The second-order valence-corrected chi connectivity index (χ2v) is 11.2. The molecule has 0 aliphatic carbocycles. The van der Waals surface area contributed by atoms with Gasteiger partial charge in [-0.15, -0.1) is 10.2 Å². The molecule has 0 spiro atoms. The number of pyridine rings is 1. The van der Waals surface area contributed by atoms with E-state index in [0.29, 0.717) is 28.9 Å². The van der Waals surface area contributed by atoms with Gasteiger partial charge < -0.3 is 4.42 Å². The van der Waals surface area contributed by atoms with Crippen LogP contribution in [0, 0.1) is 0 Å². The third-order valence-corrected chi connectivity index (χ3v) is 8.35. The van der Waals surface area contributed by atoms with Gasteiger partial charge in [-0.05, 0) is 34.7 Å². The molecule has 0 unspecified atom stereocenters. The van der Waals surface area contributed by atoms with Crippen LogP contribution in [0.4, 0.5) is 0 Å². The van der Waals surface area contributed by atoms with Crippen molar-refractivity contribution < 1.29 is 4.42 Å². The van der Waals surface area contributed by atoms with Crippen LogP contribution in [0.3, 0.4) is 0 Å². The van der Waals surface area contributed by atoms with Gasteiger partial charge >= 0.3 is 0 Å². The van der Waals surface area contributed by atoms with Gasteiger partial charge in [0.15, 0.2) is 17.5 Å². The van der Waals surface area contributed by atoms with Crippen LogP contribution in [0.5, 0.6) is 0 Å². The number of hydrogen-bond donors (Lipinski definition) is 0. The summed E-state index contributed by atoms with van der Waals surface area (Å²) in [4.78, 5) is 19.3. The number of nitrogens with zero attached hydrogens (tertiary/aromatic N) is 6. The largest absolute Gasteiger partial charge is 0.436 e. The second-order valence-electron chi connectivity index (χ2n) is 11.2. The van der Waals surface area contributed by atoms with Gasteiger partial charge in [0, 0.05) is 33.7 Å². The highest BCUT2D eigenvalue weighted by molar-refractivity contribution is 6.06. The molecule has 0 amide bonds. The van der Waals surface area contributed by atoms with Crippen molar-refractivity contribution in [1.29, 1.82) is 0 Å². The van der Waals surface area contributed by atoms with Gasteiger partial charge in [-0.25, -0.2) is 15.0 Å². The van der Waals surface area contributed by atoms with Gasteiger partial charge in [-0.1, -0.05) is 121 Å². The second kappa shape index (κ2) is 11.1. The summed E-state index contributed by atoms with van der Waals surface area (Å²) in [5.41, 5.74) is 7.71. The van der Waals surface area contributed by atoms with Crippen molar-refractivity contribution in [3.8, 4) is 56.7 Å². The van der Waals surface area contributed by atoms with E-state index in [2.05, 4.69) is 52.7 Å². The lowest BCUT2D eigenvalue weighted by atomic mass is 9.96. The highest BCUT2D eigenvalue weighted by atomic mass is 16.3. The Morgan fingerprint density at radius 1 is 0.426 bits per heavy atom. The number of hydrogen-bond acceptors (Lipinski definition) is 7. The van der Waals surface area contributed by atoms with Gasteiger partial charge in [0.05, 0.1) is 11.1 Å². The Labute approximate surface area is 269 Å². The SMILES string of the molecule is c1ccc(-c2nc(-c3ccccc3)nc(-c3ccc(-c4cccc5c(-c6cc7c(nn6)oc6ccccc67)nccc45)cc3)n2)cc1. The first kappa shape index (κ1) is 26.8. The van der Waals surface area contributed by atoms with Crippen LogP contribution in [0.2, 0.25) is 0 Å². The number of rotatable bonds is 5. The van der Waals surface area contributed by atoms with Gasteiger partial charge in [0.25, 0.3) is 0 Å². The maximum Gasteiger partial charge on any atom is 0.247 e. The molecule has 4 aromatic heterocycles. The zero-order chi connectivity index (χ0) is 31.2. The summed E-state index contributed by atoms with van der Waals surface area (Å²) in [6, 6.07) is 46.6. The minimum Gasteiger partial charge on any atom is -0.436 e. The van der Waals surface area contributed by atoms with E-state index in [0.717, 1.165) is 60.6 Å². The van der Waals surface area contributed by atoms with E-state index < -0.39 is 0 Å². The third kappa shape index (κ3) is 4.78. The number of fused-ring (bicyclic) bond motifs is 4. The normalized spacial score (nSPS) is 11.4. The minimum atomic E-state index is 0.515. The van der Waals surface area contributed by atoms with Crippen molar-refractivity contribution in [1.82, 2.24) is 30.1 Å². The van der Waals surface area contributed by atoms with E-state index in [1.54, 1.807) is 0 Å². The van der Waals surface area contributed by atoms with Crippen molar-refractivity contribution in [2.24, 2.45) is 0 Å². The van der Waals surface area contributed by atoms with E-state index in [9.17, 15) is 0 Å². The van der Waals surface area contributed by atoms with Crippen molar-refractivity contribution in [3.63, 3.8) is 0 Å². The summed E-state index contributed by atoms with van der Waals surface area (Å²) >= 11 is 0. The molecule has 0 saturated carbocycles.